The number of halogens is 4. The Balaban J connectivity index is 1.88. The Hall–Kier alpha value is -2.63. The molecule has 3 N–H and O–H groups in total. The van der Waals surface area contributed by atoms with Gasteiger partial charge in [-0.3, -0.25) is 10.2 Å². The molecule has 184 valence electrons. The maximum Gasteiger partial charge on any atom is 0.402 e. The smallest absolute Gasteiger partial charge is 0.402 e. The molecule has 2 atom stereocenters. The molecule has 0 saturated heterocycles. The average molecular weight is 544 g/mol. The number of hydrogen-bond acceptors (Lipinski definition) is 6. The highest BCUT2D eigenvalue weighted by atomic mass is 79.9. The van der Waals surface area contributed by atoms with Gasteiger partial charge in [0, 0.05) is 29.5 Å². The molecule has 0 radical (unpaired) electrons. The molecule has 0 aromatic heterocycles. The van der Waals surface area contributed by atoms with Crippen molar-refractivity contribution in [1.29, 1.82) is 0 Å². The minimum Gasteiger partial charge on any atom is -0.494 e. The third-order valence-electron chi connectivity index (χ3n) is 5.24. The van der Waals surface area contributed by atoms with Crippen LogP contribution in [0.3, 0.4) is 0 Å². The van der Waals surface area contributed by atoms with Crippen molar-refractivity contribution in [2.45, 2.75) is 37.6 Å². The van der Waals surface area contributed by atoms with Crippen LogP contribution in [0.2, 0.25) is 0 Å². The Labute approximate surface area is 203 Å². The van der Waals surface area contributed by atoms with Crippen LogP contribution in [0.5, 0.6) is 5.75 Å². The lowest BCUT2D eigenvalue weighted by atomic mass is 9.86. The monoisotopic (exact) mass is 543 g/mol. The average Bonchev–Trinajstić information content (AvgIpc) is 3.12. The van der Waals surface area contributed by atoms with Gasteiger partial charge in [-0.05, 0) is 42.8 Å². The first-order chi connectivity index (χ1) is 16.1. The number of benzene rings is 2. The van der Waals surface area contributed by atoms with E-state index in [1.165, 1.54) is 0 Å². The van der Waals surface area contributed by atoms with Crippen LogP contribution in [0.25, 0.3) is 0 Å². The molecule has 2 aromatic carbocycles. The lowest BCUT2D eigenvalue weighted by Gasteiger charge is -2.28. The van der Waals surface area contributed by atoms with Crippen LogP contribution < -0.4 is 15.6 Å². The van der Waals surface area contributed by atoms with Gasteiger partial charge in [0.05, 0.1) is 6.61 Å². The molecular formula is C23H25BrF3N3O4. The first kappa shape index (κ1) is 26.0. The highest BCUT2D eigenvalue weighted by molar-refractivity contribution is 9.10. The number of amides is 1. The SMILES string of the molecule is C[C@@H]1OC(c2ccc(OCCCO)cc2)=N[C@]1(Cc1ccccc1Br)C(=O)NNCC(F)(F)F. The van der Waals surface area contributed by atoms with E-state index in [9.17, 15) is 18.0 Å². The second-order valence-electron chi connectivity index (χ2n) is 7.74. The van der Waals surface area contributed by atoms with Crippen molar-refractivity contribution in [3.8, 4) is 5.75 Å². The highest BCUT2D eigenvalue weighted by Gasteiger charge is 2.50. The van der Waals surface area contributed by atoms with E-state index in [1.54, 1.807) is 43.3 Å². The van der Waals surface area contributed by atoms with Crippen LogP contribution in [0, 0.1) is 0 Å². The van der Waals surface area contributed by atoms with Crippen molar-refractivity contribution in [2.75, 3.05) is 19.8 Å². The van der Waals surface area contributed by atoms with Crippen LogP contribution in [-0.2, 0) is 16.0 Å². The summed E-state index contributed by atoms with van der Waals surface area (Å²) in [6.45, 7) is 0.668. The summed E-state index contributed by atoms with van der Waals surface area (Å²) in [7, 11) is 0. The van der Waals surface area contributed by atoms with Crippen molar-refractivity contribution in [3.05, 3.63) is 64.1 Å². The van der Waals surface area contributed by atoms with Crippen molar-refractivity contribution in [1.82, 2.24) is 10.9 Å². The van der Waals surface area contributed by atoms with E-state index in [4.69, 9.17) is 14.6 Å². The predicted octanol–water partition coefficient (Wildman–Crippen LogP) is 3.54. The van der Waals surface area contributed by atoms with E-state index in [1.807, 2.05) is 17.6 Å². The first-order valence-corrected chi connectivity index (χ1v) is 11.4. The van der Waals surface area contributed by atoms with Gasteiger partial charge < -0.3 is 14.6 Å². The second kappa shape index (κ2) is 11.2. The number of nitrogens with one attached hydrogen (secondary N) is 2. The van der Waals surface area contributed by atoms with Crippen molar-refractivity contribution >= 4 is 27.7 Å². The summed E-state index contributed by atoms with van der Waals surface area (Å²) < 4.78 is 49.9. The van der Waals surface area contributed by atoms with Gasteiger partial charge in [-0.15, -0.1) is 0 Å². The van der Waals surface area contributed by atoms with Crippen molar-refractivity contribution in [3.63, 3.8) is 0 Å². The second-order valence-corrected chi connectivity index (χ2v) is 8.60. The highest BCUT2D eigenvalue weighted by Crippen LogP contribution is 2.34. The van der Waals surface area contributed by atoms with Gasteiger partial charge in [0.15, 0.2) is 5.54 Å². The van der Waals surface area contributed by atoms with Gasteiger partial charge in [0.25, 0.3) is 5.91 Å². The summed E-state index contributed by atoms with van der Waals surface area (Å²) in [5, 5.41) is 8.86. The standard InChI is InChI=1S/C23H25BrF3N3O4/c1-15-22(13-17-5-2-3-6-19(17)24,21(32)30-28-14-23(25,26)27)29-20(34-15)16-7-9-18(10-8-16)33-12-4-11-31/h2-3,5-10,15,28,31H,4,11-14H2,1H3,(H,30,32)/t15-,22-/m0/s1. The third kappa shape index (κ3) is 6.49. The summed E-state index contributed by atoms with van der Waals surface area (Å²) in [6, 6.07) is 14.1. The molecule has 0 unspecified atom stereocenters. The van der Waals surface area contributed by atoms with Crippen molar-refractivity contribution < 1.29 is 32.5 Å². The Morgan fingerprint density at radius 1 is 1.24 bits per heavy atom. The fraction of sp³-hybridized carbons (Fsp3) is 0.391. The van der Waals surface area contributed by atoms with Crippen LogP contribution in [0.1, 0.15) is 24.5 Å². The number of alkyl halides is 3. The number of carbonyl (C=O) groups is 1. The minimum absolute atomic E-state index is 0.0279. The lowest BCUT2D eigenvalue weighted by molar-refractivity contribution is -0.136. The lowest BCUT2D eigenvalue weighted by Crippen LogP contribution is -2.57. The normalized spacial score (nSPS) is 19.9. The first-order valence-electron chi connectivity index (χ1n) is 10.6. The summed E-state index contributed by atoms with van der Waals surface area (Å²) in [6.07, 6.45) is -4.65. The molecule has 0 spiro atoms. The maximum atomic E-state index is 13.2. The van der Waals surface area contributed by atoms with Gasteiger partial charge in [0.1, 0.15) is 18.4 Å². The predicted molar refractivity (Wildman–Crippen MR) is 124 cm³/mol. The van der Waals surface area contributed by atoms with Crippen LogP contribution >= 0.6 is 15.9 Å². The molecule has 1 aliphatic heterocycles. The number of rotatable bonds is 10. The Kier molecular flexibility index (Phi) is 8.56. The van der Waals surface area contributed by atoms with Gasteiger partial charge in [-0.1, -0.05) is 34.1 Å². The molecule has 0 bridgehead atoms. The van der Waals surface area contributed by atoms with Gasteiger partial charge in [-0.2, -0.15) is 13.2 Å². The van der Waals surface area contributed by atoms with E-state index in [0.717, 1.165) is 10.0 Å². The van der Waals surface area contributed by atoms with Gasteiger partial charge in [-0.25, -0.2) is 10.4 Å². The zero-order chi connectivity index (χ0) is 24.8. The maximum absolute atomic E-state index is 13.2. The van der Waals surface area contributed by atoms with Crippen molar-refractivity contribution in [2.24, 2.45) is 4.99 Å². The molecule has 11 heteroatoms. The van der Waals surface area contributed by atoms with E-state index in [2.05, 4.69) is 26.3 Å². The summed E-state index contributed by atoms with van der Waals surface area (Å²) >= 11 is 3.45. The molecule has 3 rings (SSSR count). The van der Waals surface area contributed by atoms with Gasteiger partial charge in [0.2, 0.25) is 5.90 Å². The molecule has 0 aliphatic carbocycles. The van der Waals surface area contributed by atoms with Crippen LogP contribution in [0.4, 0.5) is 13.2 Å². The minimum atomic E-state index is -4.49. The molecule has 0 saturated carbocycles. The topological polar surface area (TPSA) is 92.2 Å². The summed E-state index contributed by atoms with van der Waals surface area (Å²) in [5.74, 6) is 0.0591. The molecule has 0 fully saturated rings. The number of aliphatic imine (C=N–C) groups is 1. The molecular weight excluding hydrogens is 519 g/mol. The fourth-order valence-corrected chi connectivity index (χ4v) is 3.83. The largest absolute Gasteiger partial charge is 0.494 e. The molecule has 7 nitrogen and oxygen atoms in total. The number of nitrogens with zero attached hydrogens (tertiary/aromatic N) is 1. The Morgan fingerprint density at radius 2 is 1.94 bits per heavy atom. The molecule has 2 aromatic rings. The van der Waals surface area contributed by atoms with Gasteiger partial charge >= 0.3 is 6.18 Å². The Bertz CT molecular complexity index is 1020. The molecule has 1 amide bonds. The fourth-order valence-electron chi connectivity index (χ4n) is 3.41. The summed E-state index contributed by atoms with van der Waals surface area (Å²) in [5.41, 5.74) is 3.92. The quantitative estimate of drug-likeness (QED) is 0.315. The van der Waals surface area contributed by atoms with E-state index in [-0.39, 0.29) is 18.9 Å². The Morgan fingerprint density at radius 3 is 2.59 bits per heavy atom. The number of aliphatic hydroxyl groups is 1. The zero-order valence-electron chi connectivity index (χ0n) is 18.4. The van der Waals surface area contributed by atoms with E-state index in [0.29, 0.717) is 24.3 Å². The zero-order valence-corrected chi connectivity index (χ0v) is 19.9. The number of ether oxygens (including phenoxy) is 2. The third-order valence-corrected chi connectivity index (χ3v) is 6.01. The number of hydrazine groups is 1. The number of aliphatic hydroxyl groups excluding tert-OH is 1. The van der Waals surface area contributed by atoms with Crippen LogP contribution in [-0.4, -0.2) is 54.5 Å². The van der Waals surface area contributed by atoms with Crippen LogP contribution in [0.15, 0.2) is 58.0 Å². The van der Waals surface area contributed by atoms with E-state index >= 15 is 0 Å². The molecule has 1 heterocycles. The number of carbonyl (C=O) groups excluding carboxylic acids is 1. The number of hydrogen-bond donors (Lipinski definition) is 3. The summed E-state index contributed by atoms with van der Waals surface area (Å²) in [4.78, 5) is 17.8. The molecule has 34 heavy (non-hydrogen) atoms. The van der Waals surface area contributed by atoms with E-state index < -0.39 is 30.3 Å². The molecule has 1 aliphatic rings.